The Morgan fingerprint density at radius 2 is 1.65 bits per heavy atom. The molecule has 162 valence electrons. The van der Waals surface area contributed by atoms with Crippen molar-refractivity contribution in [2.75, 3.05) is 0 Å². The predicted molar refractivity (Wildman–Crippen MR) is 134 cm³/mol. The number of rotatable bonds is 3. The maximum atomic E-state index is 12.0. The van der Waals surface area contributed by atoms with E-state index in [1.165, 1.54) is 0 Å². The fourth-order valence-electron chi connectivity index (χ4n) is 4.22. The first-order chi connectivity index (χ1) is 16.6. The summed E-state index contributed by atoms with van der Waals surface area (Å²) in [7, 11) is 1.83. The molecule has 0 bridgehead atoms. The van der Waals surface area contributed by atoms with Crippen molar-refractivity contribution in [3.63, 3.8) is 0 Å². The number of fused-ring (bicyclic) bond motifs is 1. The number of aliphatic hydroxyl groups is 1. The van der Waals surface area contributed by atoms with Crippen LogP contribution in [0.15, 0.2) is 104 Å². The second kappa shape index (κ2) is 8.71. The van der Waals surface area contributed by atoms with E-state index in [2.05, 4.69) is 22.9 Å². The van der Waals surface area contributed by atoms with Gasteiger partial charge in [-0.25, -0.2) is 4.98 Å². The lowest BCUT2D eigenvalue weighted by atomic mass is 9.86. The highest BCUT2D eigenvalue weighted by atomic mass is 16.3. The highest BCUT2D eigenvalue weighted by Crippen LogP contribution is 2.36. The van der Waals surface area contributed by atoms with Gasteiger partial charge in [-0.05, 0) is 40.6 Å². The lowest BCUT2D eigenvalue weighted by Crippen LogP contribution is -2.28. The molecule has 0 aliphatic heterocycles. The molecule has 4 aromatic carbocycles. The van der Waals surface area contributed by atoms with Crippen LogP contribution >= 0.6 is 0 Å². The molecule has 0 fully saturated rings. The van der Waals surface area contributed by atoms with Gasteiger partial charge in [-0.3, -0.25) is 0 Å². The third kappa shape index (κ3) is 3.73. The van der Waals surface area contributed by atoms with Crippen LogP contribution in [0.25, 0.3) is 21.9 Å². The number of hydrogen-bond donors (Lipinski definition) is 1. The largest absolute Gasteiger partial charge is 0.368 e. The quantitative estimate of drug-likeness (QED) is 0.383. The highest BCUT2D eigenvalue weighted by molar-refractivity contribution is 5.98. The SMILES string of the molecule is Cn1cncc1C(O)(C#Cc1ccccc1)c1ccc(C#N)c(-c2cccc3ccccc23)c1. The van der Waals surface area contributed by atoms with Gasteiger partial charge in [0, 0.05) is 23.7 Å². The molecule has 1 N–H and O–H groups in total. The molecule has 0 saturated heterocycles. The third-order valence-electron chi connectivity index (χ3n) is 5.99. The fourth-order valence-corrected chi connectivity index (χ4v) is 4.22. The van der Waals surface area contributed by atoms with Crippen LogP contribution in [0.5, 0.6) is 0 Å². The zero-order chi connectivity index (χ0) is 23.5. The molecule has 5 aromatic rings. The van der Waals surface area contributed by atoms with Gasteiger partial charge in [0.15, 0.2) is 5.60 Å². The van der Waals surface area contributed by atoms with Gasteiger partial charge in [0.1, 0.15) is 0 Å². The predicted octanol–water partition coefficient (Wildman–Crippen LogP) is 5.40. The Morgan fingerprint density at radius 3 is 2.41 bits per heavy atom. The van der Waals surface area contributed by atoms with Crippen molar-refractivity contribution in [1.82, 2.24) is 9.55 Å². The Morgan fingerprint density at radius 1 is 0.882 bits per heavy atom. The summed E-state index contributed by atoms with van der Waals surface area (Å²) in [6, 6.07) is 31.3. The number of nitriles is 1. The molecule has 5 rings (SSSR count). The van der Waals surface area contributed by atoms with Gasteiger partial charge in [-0.15, -0.1) is 0 Å². The van der Waals surface area contributed by atoms with Crippen molar-refractivity contribution in [2.45, 2.75) is 5.60 Å². The highest BCUT2D eigenvalue weighted by Gasteiger charge is 2.33. The Bertz CT molecular complexity index is 1590. The normalized spacial score (nSPS) is 12.4. The summed E-state index contributed by atoms with van der Waals surface area (Å²) in [5, 5.41) is 24.0. The first kappa shape index (κ1) is 21.2. The minimum Gasteiger partial charge on any atom is -0.368 e. The summed E-state index contributed by atoms with van der Waals surface area (Å²) in [5.74, 6) is 6.20. The lowest BCUT2D eigenvalue weighted by Gasteiger charge is -2.24. The van der Waals surface area contributed by atoms with E-state index in [0.717, 1.165) is 27.5 Å². The molecule has 1 unspecified atom stereocenters. The summed E-state index contributed by atoms with van der Waals surface area (Å²) >= 11 is 0. The summed E-state index contributed by atoms with van der Waals surface area (Å²) in [5.41, 5.74) is 2.49. The van der Waals surface area contributed by atoms with Crippen LogP contribution in [0.4, 0.5) is 0 Å². The van der Waals surface area contributed by atoms with Gasteiger partial charge in [0.2, 0.25) is 0 Å². The third-order valence-corrected chi connectivity index (χ3v) is 5.99. The molecule has 0 radical (unpaired) electrons. The van der Waals surface area contributed by atoms with Crippen LogP contribution in [0.1, 0.15) is 22.4 Å². The van der Waals surface area contributed by atoms with Gasteiger partial charge in [-0.1, -0.05) is 78.6 Å². The van der Waals surface area contributed by atoms with Crippen molar-refractivity contribution in [1.29, 1.82) is 5.26 Å². The Labute approximate surface area is 198 Å². The van der Waals surface area contributed by atoms with Crippen molar-refractivity contribution in [3.05, 3.63) is 126 Å². The molecule has 0 spiro atoms. The standard InChI is InChI=1S/C30H21N3O/c1-33-21-32-20-29(33)30(34,17-16-22-8-3-2-4-9-22)25-15-14-24(19-31)28(18-25)27-13-7-11-23-10-5-6-12-26(23)27/h2-15,18,20-21,34H,1H3. The number of hydrogen-bond acceptors (Lipinski definition) is 3. The molecule has 0 aliphatic carbocycles. The van der Waals surface area contributed by atoms with E-state index in [1.54, 1.807) is 29.2 Å². The minimum absolute atomic E-state index is 0.531. The van der Waals surface area contributed by atoms with Gasteiger partial charge in [-0.2, -0.15) is 5.26 Å². The van der Waals surface area contributed by atoms with E-state index in [4.69, 9.17) is 0 Å². The number of imidazole rings is 1. The van der Waals surface area contributed by atoms with E-state index in [0.29, 0.717) is 16.8 Å². The van der Waals surface area contributed by atoms with Crippen LogP contribution in [-0.2, 0) is 12.6 Å². The zero-order valence-electron chi connectivity index (χ0n) is 18.6. The monoisotopic (exact) mass is 439 g/mol. The topological polar surface area (TPSA) is 61.8 Å². The van der Waals surface area contributed by atoms with Gasteiger partial charge in [0.05, 0.1) is 29.9 Å². The Kier molecular flexibility index (Phi) is 5.44. The average Bonchev–Trinajstić information content (AvgIpc) is 3.33. The molecular weight excluding hydrogens is 418 g/mol. The molecule has 0 aliphatic rings. The molecule has 1 heterocycles. The van der Waals surface area contributed by atoms with Gasteiger partial charge >= 0.3 is 0 Å². The number of nitrogens with zero attached hydrogens (tertiary/aromatic N) is 3. The average molecular weight is 440 g/mol. The lowest BCUT2D eigenvalue weighted by molar-refractivity contribution is 0.137. The number of benzene rings is 4. The van der Waals surface area contributed by atoms with E-state index >= 15 is 0 Å². The van der Waals surface area contributed by atoms with Gasteiger partial charge < -0.3 is 9.67 Å². The van der Waals surface area contributed by atoms with Crippen LogP contribution in [0.3, 0.4) is 0 Å². The van der Waals surface area contributed by atoms with E-state index in [-0.39, 0.29) is 0 Å². The minimum atomic E-state index is -1.63. The Hall–Kier alpha value is -4.64. The first-order valence-electron chi connectivity index (χ1n) is 10.9. The number of aromatic nitrogens is 2. The van der Waals surface area contributed by atoms with Crippen LogP contribution in [-0.4, -0.2) is 14.7 Å². The first-order valence-corrected chi connectivity index (χ1v) is 10.9. The molecule has 4 nitrogen and oxygen atoms in total. The molecule has 0 saturated carbocycles. The van der Waals surface area contributed by atoms with E-state index in [1.807, 2.05) is 85.9 Å². The summed E-state index contributed by atoms with van der Waals surface area (Å²) in [4.78, 5) is 4.21. The maximum absolute atomic E-state index is 12.0. The Balaban J connectivity index is 1.75. The molecule has 0 amide bonds. The van der Waals surface area contributed by atoms with E-state index < -0.39 is 5.60 Å². The van der Waals surface area contributed by atoms with Crippen LogP contribution < -0.4 is 0 Å². The molecular formula is C30H21N3O. The van der Waals surface area contributed by atoms with Gasteiger partial charge in [0.25, 0.3) is 0 Å². The van der Waals surface area contributed by atoms with Crippen molar-refractivity contribution in [3.8, 4) is 29.0 Å². The second-order valence-corrected chi connectivity index (χ2v) is 8.12. The molecule has 34 heavy (non-hydrogen) atoms. The molecule has 4 heteroatoms. The summed E-state index contributed by atoms with van der Waals surface area (Å²) in [6.45, 7) is 0. The molecule has 1 atom stereocenters. The fraction of sp³-hybridized carbons (Fsp3) is 0.0667. The summed E-state index contributed by atoms with van der Waals surface area (Å²) in [6.07, 6.45) is 3.26. The maximum Gasteiger partial charge on any atom is 0.194 e. The van der Waals surface area contributed by atoms with Crippen molar-refractivity contribution >= 4 is 10.8 Å². The number of aryl methyl sites for hydroxylation is 1. The van der Waals surface area contributed by atoms with Crippen molar-refractivity contribution in [2.24, 2.45) is 7.05 Å². The second-order valence-electron chi connectivity index (χ2n) is 8.12. The summed E-state index contributed by atoms with van der Waals surface area (Å²) < 4.78 is 1.76. The molecule has 1 aromatic heterocycles. The van der Waals surface area contributed by atoms with E-state index in [9.17, 15) is 10.4 Å². The van der Waals surface area contributed by atoms with Crippen molar-refractivity contribution < 1.29 is 5.11 Å². The van der Waals surface area contributed by atoms with Crippen LogP contribution in [0, 0.1) is 23.2 Å². The zero-order valence-corrected chi connectivity index (χ0v) is 18.6. The smallest absolute Gasteiger partial charge is 0.194 e. The van der Waals surface area contributed by atoms with Crippen LogP contribution in [0.2, 0.25) is 0 Å².